The Morgan fingerprint density at radius 2 is 1.77 bits per heavy atom. The molecule has 1 aromatic heterocycles. The number of anilines is 2. The normalized spacial score (nSPS) is 20.9. The molecule has 1 N–H and O–H groups in total. The molecule has 0 atom stereocenters. The average molecular weight is 423 g/mol. The molecule has 3 heterocycles. The van der Waals surface area contributed by atoms with Gasteiger partial charge in [-0.3, -0.25) is 4.79 Å². The largest absolute Gasteiger partial charge is 0.356 e. The molecule has 0 radical (unpaired) electrons. The molecule has 2 aliphatic heterocycles. The summed E-state index contributed by atoms with van der Waals surface area (Å²) in [5, 5.41) is 3.11. The summed E-state index contributed by atoms with van der Waals surface area (Å²) < 4.78 is 2.42. The van der Waals surface area contributed by atoms with Gasteiger partial charge in [-0.25, -0.2) is 9.29 Å². The molecule has 1 aliphatic carbocycles. The Morgan fingerprint density at radius 3 is 2.53 bits per heavy atom. The lowest BCUT2D eigenvalue weighted by Gasteiger charge is -2.33. The molecule has 1 aromatic carbocycles. The molecule has 1 saturated carbocycles. The van der Waals surface area contributed by atoms with Crippen molar-refractivity contribution in [1.82, 2.24) is 9.29 Å². The van der Waals surface area contributed by atoms with Gasteiger partial charge in [0.25, 0.3) is 5.91 Å². The van der Waals surface area contributed by atoms with Crippen LogP contribution < -0.4 is 10.2 Å². The number of hydrogen-bond acceptors (Lipinski definition) is 5. The summed E-state index contributed by atoms with van der Waals surface area (Å²) in [7, 11) is 0. The lowest BCUT2D eigenvalue weighted by Crippen LogP contribution is -2.36. The molecule has 6 heteroatoms. The zero-order chi connectivity index (χ0) is 20.4. The van der Waals surface area contributed by atoms with Crippen molar-refractivity contribution in [2.45, 2.75) is 49.8 Å². The quantitative estimate of drug-likeness (QED) is 0.671. The summed E-state index contributed by atoms with van der Waals surface area (Å²) in [6, 6.07) is 11.9. The average Bonchev–Trinajstić information content (AvgIpc) is 3.54. The van der Waals surface area contributed by atoms with Crippen molar-refractivity contribution in [3.8, 4) is 0 Å². The van der Waals surface area contributed by atoms with Crippen molar-refractivity contribution in [1.29, 1.82) is 0 Å². The van der Waals surface area contributed by atoms with Gasteiger partial charge in [-0.1, -0.05) is 12.5 Å². The standard InChI is InChI=1S/C24H30N4OS/c29-23(26-19-6-4-7-20(18-19)30-28-14-2-1-3-15-28)21-8-5-13-25-22(21)27-16-11-24(9-10-24)12-17-27/h4-8,13,18H,1-3,9-12,14-17H2,(H,26,29). The van der Waals surface area contributed by atoms with Crippen LogP contribution in [0.1, 0.15) is 55.3 Å². The highest BCUT2D eigenvalue weighted by molar-refractivity contribution is 7.97. The molecule has 3 fully saturated rings. The maximum atomic E-state index is 13.1. The SMILES string of the molecule is O=C(Nc1cccc(SN2CCCCC2)c1)c1cccnc1N1CCC2(CC1)CC2. The fourth-order valence-corrected chi connectivity index (χ4v) is 5.69. The Kier molecular flexibility index (Phi) is 5.70. The van der Waals surface area contributed by atoms with Crippen molar-refractivity contribution in [2.24, 2.45) is 5.41 Å². The van der Waals surface area contributed by atoms with Crippen LogP contribution in [0.2, 0.25) is 0 Å². The second-order valence-corrected chi connectivity index (χ2v) is 10.1. The Hall–Kier alpha value is -2.05. The molecular formula is C24H30N4OS. The predicted octanol–water partition coefficient (Wildman–Crippen LogP) is 5.21. The number of benzene rings is 1. The van der Waals surface area contributed by atoms with E-state index in [-0.39, 0.29) is 5.91 Å². The van der Waals surface area contributed by atoms with Crippen molar-refractivity contribution < 1.29 is 4.79 Å². The van der Waals surface area contributed by atoms with Gasteiger partial charge in [0.15, 0.2) is 0 Å². The Morgan fingerprint density at radius 1 is 0.967 bits per heavy atom. The van der Waals surface area contributed by atoms with Gasteiger partial charge in [-0.05, 0) is 86.2 Å². The summed E-state index contributed by atoms with van der Waals surface area (Å²) in [5.74, 6) is 0.745. The highest BCUT2D eigenvalue weighted by Gasteiger charge is 2.44. The third kappa shape index (κ3) is 4.49. The van der Waals surface area contributed by atoms with Crippen LogP contribution in [-0.2, 0) is 0 Å². The summed E-state index contributed by atoms with van der Waals surface area (Å²) in [6.45, 7) is 4.27. The summed E-state index contributed by atoms with van der Waals surface area (Å²) in [4.78, 5) is 21.2. The third-order valence-corrected chi connectivity index (χ3v) is 7.84. The van der Waals surface area contributed by atoms with E-state index >= 15 is 0 Å². The van der Waals surface area contributed by atoms with Crippen molar-refractivity contribution >= 4 is 29.4 Å². The Labute approximate surface area is 183 Å². The van der Waals surface area contributed by atoms with Crippen LogP contribution in [-0.4, -0.2) is 41.4 Å². The first kappa shape index (κ1) is 19.9. The van der Waals surface area contributed by atoms with Gasteiger partial charge in [0.1, 0.15) is 5.82 Å². The number of nitrogens with zero attached hydrogens (tertiary/aromatic N) is 3. The van der Waals surface area contributed by atoms with Gasteiger partial charge in [0, 0.05) is 43.0 Å². The number of nitrogens with one attached hydrogen (secondary N) is 1. The van der Waals surface area contributed by atoms with E-state index in [9.17, 15) is 4.79 Å². The molecule has 1 amide bonds. The van der Waals surface area contributed by atoms with Crippen molar-refractivity contribution in [3.05, 3.63) is 48.2 Å². The third-order valence-electron chi connectivity index (χ3n) is 6.75. The molecule has 5 rings (SSSR count). The molecule has 5 nitrogen and oxygen atoms in total. The first-order valence-corrected chi connectivity index (χ1v) is 12.0. The number of pyridine rings is 1. The van der Waals surface area contributed by atoms with E-state index in [1.54, 1.807) is 18.1 Å². The zero-order valence-electron chi connectivity index (χ0n) is 17.5. The van der Waals surface area contributed by atoms with Gasteiger partial charge in [0.2, 0.25) is 0 Å². The maximum Gasteiger partial charge on any atom is 0.259 e. The van der Waals surface area contributed by atoms with E-state index in [0.717, 1.165) is 37.7 Å². The van der Waals surface area contributed by atoms with Crippen LogP contribution in [0.4, 0.5) is 11.5 Å². The van der Waals surface area contributed by atoms with Crippen LogP contribution in [0.5, 0.6) is 0 Å². The number of aromatic nitrogens is 1. The van der Waals surface area contributed by atoms with E-state index in [2.05, 4.69) is 31.6 Å². The minimum atomic E-state index is -0.0788. The topological polar surface area (TPSA) is 48.5 Å². The predicted molar refractivity (Wildman–Crippen MR) is 123 cm³/mol. The van der Waals surface area contributed by atoms with Crippen LogP contribution >= 0.6 is 11.9 Å². The van der Waals surface area contributed by atoms with E-state index < -0.39 is 0 Å². The number of hydrogen-bond donors (Lipinski definition) is 1. The number of carbonyl (C=O) groups is 1. The monoisotopic (exact) mass is 422 g/mol. The molecule has 1 spiro atoms. The number of carbonyl (C=O) groups excluding carboxylic acids is 1. The van der Waals surface area contributed by atoms with Gasteiger partial charge in [-0.15, -0.1) is 0 Å². The second-order valence-electron chi connectivity index (χ2n) is 8.92. The van der Waals surface area contributed by atoms with Crippen molar-refractivity contribution in [2.75, 3.05) is 36.4 Å². The smallest absolute Gasteiger partial charge is 0.259 e. The Bertz CT molecular complexity index is 898. The van der Waals surface area contributed by atoms with Crippen molar-refractivity contribution in [3.63, 3.8) is 0 Å². The van der Waals surface area contributed by atoms with E-state index in [1.807, 2.05) is 24.3 Å². The van der Waals surface area contributed by atoms with Crippen LogP contribution in [0, 0.1) is 5.41 Å². The lowest BCUT2D eigenvalue weighted by atomic mass is 9.93. The first-order valence-electron chi connectivity index (χ1n) is 11.3. The lowest BCUT2D eigenvalue weighted by molar-refractivity contribution is 0.102. The maximum absolute atomic E-state index is 13.1. The molecular weight excluding hydrogens is 392 g/mol. The van der Waals surface area contributed by atoms with E-state index in [1.165, 1.54) is 49.8 Å². The minimum absolute atomic E-state index is 0.0788. The first-order chi connectivity index (χ1) is 14.7. The van der Waals surface area contributed by atoms with Gasteiger partial charge in [0.05, 0.1) is 5.56 Å². The highest BCUT2D eigenvalue weighted by Crippen LogP contribution is 2.53. The summed E-state index contributed by atoms with van der Waals surface area (Å²) in [5.41, 5.74) is 2.12. The summed E-state index contributed by atoms with van der Waals surface area (Å²) in [6.07, 6.45) is 10.9. The van der Waals surface area contributed by atoms with E-state index in [0.29, 0.717) is 11.0 Å². The molecule has 0 bridgehead atoms. The van der Waals surface area contributed by atoms with Crippen LogP contribution in [0.15, 0.2) is 47.5 Å². The fourth-order valence-electron chi connectivity index (χ4n) is 4.63. The highest BCUT2D eigenvalue weighted by atomic mass is 32.2. The number of amides is 1. The summed E-state index contributed by atoms with van der Waals surface area (Å²) >= 11 is 1.79. The van der Waals surface area contributed by atoms with Gasteiger partial charge >= 0.3 is 0 Å². The molecule has 2 saturated heterocycles. The molecule has 30 heavy (non-hydrogen) atoms. The second kappa shape index (κ2) is 8.60. The van der Waals surface area contributed by atoms with Crippen LogP contribution in [0.25, 0.3) is 0 Å². The molecule has 0 unspecified atom stereocenters. The Balaban J connectivity index is 1.27. The number of piperidine rings is 2. The number of rotatable bonds is 5. The molecule has 3 aliphatic rings. The van der Waals surface area contributed by atoms with Crippen LogP contribution in [0.3, 0.4) is 0 Å². The molecule has 158 valence electrons. The minimum Gasteiger partial charge on any atom is -0.356 e. The van der Waals surface area contributed by atoms with Gasteiger partial charge in [-0.2, -0.15) is 0 Å². The van der Waals surface area contributed by atoms with E-state index in [4.69, 9.17) is 0 Å². The van der Waals surface area contributed by atoms with Gasteiger partial charge < -0.3 is 10.2 Å². The zero-order valence-corrected chi connectivity index (χ0v) is 18.3. The molecule has 2 aromatic rings. The fraction of sp³-hybridized carbons (Fsp3) is 0.500.